The largest absolute Gasteiger partial charge is 0.311 e. The van der Waals surface area contributed by atoms with Gasteiger partial charge in [0.25, 0.3) is 0 Å². The van der Waals surface area contributed by atoms with E-state index in [1.54, 1.807) is 0 Å². The quantitative estimate of drug-likeness (QED) is 0.676. The lowest BCUT2D eigenvalue weighted by Gasteiger charge is -2.33. The van der Waals surface area contributed by atoms with Crippen molar-refractivity contribution in [3.05, 3.63) is 0 Å². The van der Waals surface area contributed by atoms with Gasteiger partial charge in [-0.05, 0) is 19.3 Å². The predicted molar refractivity (Wildman–Crippen MR) is 55.8 cm³/mol. The maximum absolute atomic E-state index is 3.63. The van der Waals surface area contributed by atoms with E-state index in [1.165, 1.54) is 32.1 Å². The lowest BCUT2D eigenvalue weighted by Crippen LogP contribution is -2.54. The molecule has 1 saturated carbocycles. The van der Waals surface area contributed by atoms with Gasteiger partial charge in [-0.25, -0.2) is 0 Å². The normalized spacial score (nSPS) is 36.7. The summed E-state index contributed by atoms with van der Waals surface area (Å²) >= 11 is 0. The van der Waals surface area contributed by atoms with Gasteiger partial charge in [-0.3, -0.25) is 0 Å². The van der Waals surface area contributed by atoms with Crippen LogP contribution in [0.4, 0.5) is 0 Å². The zero-order valence-electron chi connectivity index (χ0n) is 8.68. The van der Waals surface area contributed by atoms with Crippen molar-refractivity contribution < 1.29 is 0 Å². The minimum atomic E-state index is 0.675. The van der Waals surface area contributed by atoms with Gasteiger partial charge < -0.3 is 10.6 Å². The van der Waals surface area contributed by atoms with E-state index in [2.05, 4.69) is 17.6 Å². The Morgan fingerprint density at radius 3 is 2.46 bits per heavy atom. The summed E-state index contributed by atoms with van der Waals surface area (Å²) in [4.78, 5) is 0. The van der Waals surface area contributed by atoms with Crippen LogP contribution in [0.5, 0.6) is 0 Å². The molecule has 2 nitrogen and oxygen atoms in total. The molecule has 0 aromatic rings. The van der Waals surface area contributed by atoms with Crippen LogP contribution in [-0.2, 0) is 0 Å². The Hall–Kier alpha value is -0.0800. The average molecular weight is 182 g/mol. The van der Waals surface area contributed by atoms with Crippen LogP contribution in [0.15, 0.2) is 0 Å². The van der Waals surface area contributed by atoms with E-state index in [0.29, 0.717) is 6.04 Å². The van der Waals surface area contributed by atoms with Crippen LogP contribution < -0.4 is 10.6 Å². The molecule has 76 valence electrons. The van der Waals surface area contributed by atoms with Crippen molar-refractivity contribution in [2.75, 3.05) is 13.1 Å². The number of rotatable bonds is 2. The Kier molecular flexibility index (Phi) is 3.23. The third-order valence-electron chi connectivity index (χ3n) is 3.66. The van der Waals surface area contributed by atoms with Crippen LogP contribution >= 0.6 is 0 Å². The number of hydrogen-bond donors (Lipinski definition) is 2. The molecule has 1 saturated heterocycles. The van der Waals surface area contributed by atoms with Crippen molar-refractivity contribution in [3.63, 3.8) is 0 Å². The van der Waals surface area contributed by atoms with Gasteiger partial charge in [0.15, 0.2) is 0 Å². The first-order valence-electron chi connectivity index (χ1n) is 5.83. The highest BCUT2D eigenvalue weighted by Gasteiger charge is 2.25. The van der Waals surface area contributed by atoms with Crippen LogP contribution in [0.2, 0.25) is 0 Å². The fourth-order valence-corrected chi connectivity index (χ4v) is 2.77. The van der Waals surface area contributed by atoms with E-state index in [0.717, 1.165) is 25.0 Å². The average Bonchev–Trinajstić information content (AvgIpc) is 2.61. The Morgan fingerprint density at radius 1 is 1.08 bits per heavy atom. The second-order valence-electron chi connectivity index (χ2n) is 4.69. The highest BCUT2D eigenvalue weighted by Crippen LogP contribution is 2.29. The van der Waals surface area contributed by atoms with E-state index in [-0.39, 0.29) is 0 Å². The summed E-state index contributed by atoms with van der Waals surface area (Å²) in [5.41, 5.74) is 0. The van der Waals surface area contributed by atoms with Crippen molar-refractivity contribution in [2.45, 2.75) is 51.1 Å². The predicted octanol–water partition coefficient (Wildman–Crippen LogP) is 1.52. The minimum absolute atomic E-state index is 0.675. The zero-order valence-corrected chi connectivity index (χ0v) is 8.68. The van der Waals surface area contributed by atoms with E-state index < -0.39 is 0 Å². The summed E-state index contributed by atoms with van der Waals surface area (Å²) in [6.45, 7) is 4.61. The highest BCUT2D eigenvalue weighted by atomic mass is 15.1. The maximum atomic E-state index is 3.63. The molecule has 2 aliphatic rings. The van der Waals surface area contributed by atoms with Crippen molar-refractivity contribution >= 4 is 0 Å². The first kappa shape index (κ1) is 9.47. The Balaban J connectivity index is 1.78. The lowest BCUT2D eigenvalue weighted by atomic mass is 9.93. The van der Waals surface area contributed by atoms with Gasteiger partial charge in [-0.15, -0.1) is 0 Å². The highest BCUT2D eigenvalue weighted by molar-refractivity contribution is 4.86. The van der Waals surface area contributed by atoms with Gasteiger partial charge >= 0.3 is 0 Å². The van der Waals surface area contributed by atoms with Crippen LogP contribution in [-0.4, -0.2) is 25.2 Å². The van der Waals surface area contributed by atoms with Crippen molar-refractivity contribution in [2.24, 2.45) is 5.92 Å². The molecule has 0 amide bonds. The molecule has 1 aliphatic carbocycles. The number of piperazine rings is 1. The first-order chi connectivity index (χ1) is 6.36. The number of nitrogens with one attached hydrogen (secondary N) is 2. The van der Waals surface area contributed by atoms with Crippen LogP contribution in [0.25, 0.3) is 0 Å². The molecule has 0 aromatic carbocycles. The standard InChI is InChI=1S/C11H22N2/c1-9-11(13-7-6-12-9)8-10-4-2-3-5-10/h9-13H,2-8H2,1H3. The summed E-state index contributed by atoms with van der Waals surface area (Å²) in [7, 11) is 0. The second-order valence-corrected chi connectivity index (χ2v) is 4.69. The molecule has 1 heterocycles. The molecule has 2 unspecified atom stereocenters. The van der Waals surface area contributed by atoms with Gasteiger partial charge in [0.05, 0.1) is 0 Å². The van der Waals surface area contributed by atoms with Crippen molar-refractivity contribution in [1.82, 2.24) is 10.6 Å². The Bertz CT molecular complexity index is 152. The van der Waals surface area contributed by atoms with Crippen LogP contribution in [0, 0.1) is 5.92 Å². The molecule has 13 heavy (non-hydrogen) atoms. The SMILES string of the molecule is CC1NCCNC1CC1CCCC1. The van der Waals surface area contributed by atoms with Crippen molar-refractivity contribution in [3.8, 4) is 0 Å². The summed E-state index contributed by atoms with van der Waals surface area (Å²) in [5, 5.41) is 7.18. The maximum Gasteiger partial charge on any atom is 0.0221 e. The first-order valence-corrected chi connectivity index (χ1v) is 5.83. The molecule has 2 atom stereocenters. The molecule has 1 aliphatic heterocycles. The van der Waals surface area contributed by atoms with Gasteiger partial charge in [-0.1, -0.05) is 25.7 Å². The topological polar surface area (TPSA) is 24.1 Å². The molecule has 2 N–H and O–H groups in total. The molecule has 0 spiro atoms. The molecular formula is C11H22N2. The summed E-state index contributed by atoms with van der Waals surface area (Å²) < 4.78 is 0. The van der Waals surface area contributed by atoms with Gasteiger partial charge in [0, 0.05) is 25.2 Å². The van der Waals surface area contributed by atoms with Crippen LogP contribution in [0.1, 0.15) is 39.0 Å². The molecule has 2 heteroatoms. The second kappa shape index (κ2) is 4.43. The van der Waals surface area contributed by atoms with E-state index in [1.807, 2.05) is 0 Å². The Labute approximate surface area is 81.5 Å². The molecular weight excluding hydrogens is 160 g/mol. The summed E-state index contributed by atoms with van der Waals surface area (Å²) in [6, 6.07) is 1.41. The van der Waals surface area contributed by atoms with Gasteiger partial charge in [0.2, 0.25) is 0 Å². The molecule has 0 radical (unpaired) electrons. The monoisotopic (exact) mass is 182 g/mol. The summed E-state index contributed by atoms with van der Waals surface area (Å²) in [6.07, 6.45) is 7.29. The van der Waals surface area contributed by atoms with Crippen molar-refractivity contribution in [1.29, 1.82) is 0 Å². The van der Waals surface area contributed by atoms with E-state index in [4.69, 9.17) is 0 Å². The molecule has 2 fully saturated rings. The third-order valence-corrected chi connectivity index (χ3v) is 3.66. The van der Waals surface area contributed by atoms with E-state index in [9.17, 15) is 0 Å². The fraction of sp³-hybridized carbons (Fsp3) is 1.00. The van der Waals surface area contributed by atoms with Crippen LogP contribution in [0.3, 0.4) is 0 Å². The van der Waals surface area contributed by atoms with E-state index >= 15 is 0 Å². The Morgan fingerprint density at radius 2 is 1.77 bits per heavy atom. The molecule has 0 bridgehead atoms. The number of hydrogen-bond acceptors (Lipinski definition) is 2. The smallest absolute Gasteiger partial charge is 0.0221 e. The zero-order chi connectivity index (χ0) is 9.10. The fourth-order valence-electron chi connectivity index (χ4n) is 2.77. The lowest BCUT2D eigenvalue weighted by molar-refractivity contribution is 0.286. The molecule has 0 aromatic heterocycles. The minimum Gasteiger partial charge on any atom is -0.311 e. The summed E-state index contributed by atoms with van der Waals surface area (Å²) in [5.74, 6) is 1.01. The van der Waals surface area contributed by atoms with Gasteiger partial charge in [-0.2, -0.15) is 0 Å². The van der Waals surface area contributed by atoms with Gasteiger partial charge in [0.1, 0.15) is 0 Å². The molecule has 2 rings (SSSR count). The third kappa shape index (κ3) is 2.44.